The minimum atomic E-state index is 0. The second-order valence-corrected chi connectivity index (χ2v) is 0. The van der Waals surface area contributed by atoms with Crippen molar-refractivity contribution in [2.75, 3.05) is 0 Å². The van der Waals surface area contributed by atoms with E-state index in [-0.39, 0.29) is 60.2 Å². The molecule has 0 unspecified atom stereocenters. The first-order valence-electron chi connectivity index (χ1n) is 0. The van der Waals surface area contributed by atoms with Crippen LogP contribution in [0.25, 0.3) is 0 Å². The molecule has 8 heavy (non-hydrogen) atoms. The first-order chi connectivity index (χ1) is 0. The van der Waals surface area contributed by atoms with E-state index in [0.29, 0.717) is 0 Å². The van der Waals surface area contributed by atoms with Gasteiger partial charge in [-0.2, -0.15) is 0 Å². The summed E-state index contributed by atoms with van der Waals surface area (Å²) < 4.78 is 0. The Morgan fingerprint density at radius 3 is 0.375 bits per heavy atom. The van der Waals surface area contributed by atoms with Crippen molar-refractivity contribution in [3.05, 3.63) is 0 Å². The Balaban J connectivity index is 0. The van der Waals surface area contributed by atoms with Gasteiger partial charge in [0.2, 0.25) is 0 Å². The molecule has 0 aliphatic rings. The Morgan fingerprint density at radius 1 is 0.375 bits per heavy atom. The molecule has 0 spiro atoms. The van der Waals surface area contributed by atoms with Gasteiger partial charge in [-0.05, 0) is 0 Å². The van der Waals surface area contributed by atoms with Gasteiger partial charge in [0.25, 0.3) is 0 Å². The summed E-state index contributed by atoms with van der Waals surface area (Å²) in [5.74, 6) is 0. The molecule has 0 atom stereocenters. The first-order valence-corrected chi connectivity index (χ1v) is 0. The van der Waals surface area contributed by atoms with Crippen LogP contribution in [-0.2, 0) is 25.8 Å². The third kappa shape index (κ3) is 1120. The summed E-state index contributed by atoms with van der Waals surface area (Å²) in [6, 6.07) is 0. The Hall–Kier alpha value is 0.410. The molecule has 0 aromatic heterocycles. The van der Waals surface area contributed by atoms with Crippen molar-refractivity contribution in [1.29, 1.82) is 0 Å². The molecule has 0 aromatic rings. The monoisotopic (exact) mass is 182 g/mol. The Morgan fingerprint density at radius 2 is 0.375 bits per heavy atom. The van der Waals surface area contributed by atoms with Crippen LogP contribution in [0.4, 0.5) is 28.2 Å². The molecule has 0 amide bonds. The molecule has 0 saturated carbocycles. The van der Waals surface area contributed by atoms with Crippen LogP contribution in [-0.4, -0.2) is 0 Å². The number of hydrogen-bond acceptors (Lipinski definition) is 1. The van der Waals surface area contributed by atoms with E-state index in [1.165, 1.54) is 0 Å². The molecule has 0 heterocycles. The number of hydrogen-bond donors (Lipinski definition) is 1. The molecule has 8 heteroatoms. The van der Waals surface area contributed by atoms with Gasteiger partial charge in [0.1, 0.15) is 0 Å². The van der Waals surface area contributed by atoms with Crippen molar-refractivity contribution >= 4 is 0 Å². The van der Waals surface area contributed by atoms with Gasteiger partial charge in [0.05, 0.1) is 0 Å². The molecule has 0 aliphatic heterocycles. The van der Waals surface area contributed by atoms with Crippen LogP contribution in [0.3, 0.4) is 0 Å². The van der Waals surface area contributed by atoms with Crippen LogP contribution in [0.15, 0.2) is 0 Å². The maximum atomic E-state index is 0. The van der Waals surface area contributed by atoms with E-state index < -0.39 is 0 Å². The Labute approximate surface area is 60.8 Å². The van der Waals surface area contributed by atoms with Crippen molar-refractivity contribution in [1.82, 2.24) is 6.15 Å². The predicted molar refractivity (Wildman–Crippen MR) is 20.0 cm³/mol. The quantitative estimate of drug-likeness (QED) is 0.558. The van der Waals surface area contributed by atoms with E-state index in [1.54, 1.807) is 0 Å². The van der Waals surface area contributed by atoms with Crippen molar-refractivity contribution in [3.8, 4) is 0 Å². The standard InChI is InChI=1S/6FH.H3N.Sc/h6*1H;1H3;. The van der Waals surface area contributed by atoms with E-state index in [9.17, 15) is 0 Å². The van der Waals surface area contributed by atoms with Gasteiger partial charge in [0.15, 0.2) is 0 Å². The van der Waals surface area contributed by atoms with E-state index in [2.05, 4.69) is 0 Å². The van der Waals surface area contributed by atoms with Crippen LogP contribution in [0, 0.1) is 0 Å². The normalized spacial score (nSPS) is 0. The molecule has 59 valence electrons. The second-order valence-electron chi connectivity index (χ2n) is 0. The SMILES string of the molecule is F.F.F.F.F.F.N.[Sc]. The zero-order chi connectivity index (χ0) is 0. The Kier molecular flexibility index (Phi) is 621000. The summed E-state index contributed by atoms with van der Waals surface area (Å²) in [4.78, 5) is 0. The molecule has 1 radical (unpaired) electrons. The molecule has 3 N–H and O–H groups in total. The number of halogens is 6. The molecule has 0 aromatic carbocycles. The third-order valence-electron chi connectivity index (χ3n) is 0. The van der Waals surface area contributed by atoms with Crippen LogP contribution in [0.5, 0.6) is 0 Å². The van der Waals surface area contributed by atoms with Gasteiger partial charge in [-0.3, -0.25) is 28.2 Å². The minimum absolute atomic E-state index is 0. The maximum absolute atomic E-state index is 0. The summed E-state index contributed by atoms with van der Waals surface area (Å²) in [6.07, 6.45) is 0. The summed E-state index contributed by atoms with van der Waals surface area (Å²) in [6.45, 7) is 0. The van der Waals surface area contributed by atoms with E-state index in [4.69, 9.17) is 0 Å². The van der Waals surface area contributed by atoms with Gasteiger partial charge < -0.3 is 6.15 Å². The van der Waals surface area contributed by atoms with Gasteiger partial charge in [-0.15, -0.1) is 0 Å². The third-order valence-corrected chi connectivity index (χ3v) is 0. The van der Waals surface area contributed by atoms with Gasteiger partial charge in [-0.25, -0.2) is 0 Å². The molecule has 0 rings (SSSR count). The fraction of sp³-hybridized carbons (Fsp3) is 0. The molecule has 0 fully saturated rings. The van der Waals surface area contributed by atoms with Crippen molar-refractivity contribution < 1.29 is 54.1 Å². The van der Waals surface area contributed by atoms with E-state index >= 15 is 0 Å². The van der Waals surface area contributed by atoms with Crippen molar-refractivity contribution in [2.24, 2.45) is 0 Å². The molecular weight excluding hydrogens is 173 g/mol. The average Bonchev–Trinajstić information content (AvgIpc) is 0. The summed E-state index contributed by atoms with van der Waals surface area (Å²) in [5.41, 5.74) is 0. The largest absolute Gasteiger partial charge is 0.344 e. The fourth-order valence-electron chi connectivity index (χ4n) is 0. The average molecular weight is 182 g/mol. The number of rotatable bonds is 0. The van der Waals surface area contributed by atoms with Gasteiger partial charge in [0, 0.05) is 25.8 Å². The smallest absolute Gasteiger partial charge is 0 e. The van der Waals surface area contributed by atoms with Crippen molar-refractivity contribution in [3.63, 3.8) is 0 Å². The molecular formula is H9F6NSc. The Bertz CT molecular complexity index is 8.49. The molecule has 1 nitrogen and oxygen atoms in total. The maximum Gasteiger partial charge on any atom is 0 e. The predicted octanol–water partition coefficient (Wildman–Crippen LogP) is 1.07. The topological polar surface area (TPSA) is 35.0 Å². The molecule has 0 bridgehead atoms. The summed E-state index contributed by atoms with van der Waals surface area (Å²) in [7, 11) is 0. The van der Waals surface area contributed by atoms with Crippen LogP contribution >= 0.6 is 0 Å². The van der Waals surface area contributed by atoms with Crippen LogP contribution in [0.1, 0.15) is 0 Å². The summed E-state index contributed by atoms with van der Waals surface area (Å²) >= 11 is 0. The van der Waals surface area contributed by atoms with Gasteiger partial charge in [-0.1, -0.05) is 0 Å². The zero-order valence-corrected chi connectivity index (χ0v) is 5.54. The van der Waals surface area contributed by atoms with Crippen molar-refractivity contribution in [2.45, 2.75) is 0 Å². The second kappa shape index (κ2) is 1810. The summed E-state index contributed by atoms with van der Waals surface area (Å²) in [5, 5.41) is 0. The molecule has 0 aliphatic carbocycles. The van der Waals surface area contributed by atoms with Gasteiger partial charge >= 0.3 is 0 Å². The van der Waals surface area contributed by atoms with E-state index in [0.717, 1.165) is 0 Å². The minimum Gasteiger partial charge on any atom is -0.344 e. The fourth-order valence-corrected chi connectivity index (χ4v) is 0. The zero-order valence-electron chi connectivity index (χ0n) is 3.73. The molecule has 0 saturated heterocycles. The van der Waals surface area contributed by atoms with E-state index in [1.807, 2.05) is 0 Å². The van der Waals surface area contributed by atoms with Crippen LogP contribution < -0.4 is 6.15 Å². The first kappa shape index (κ1) is 2750. The van der Waals surface area contributed by atoms with Crippen LogP contribution in [0.2, 0.25) is 0 Å².